The first-order chi connectivity index (χ1) is 6.54. The van der Waals surface area contributed by atoms with Crippen LogP contribution in [0.15, 0.2) is 18.2 Å². The lowest BCUT2D eigenvalue weighted by Crippen LogP contribution is -2.19. The van der Waals surface area contributed by atoms with Crippen LogP contribution in [0.3, 0.4) is 0 Å². The number of primary amides is 1. The highest BCUT2D eigenvalue weighted by atomic mass is 16.2. The summed E-state index contributed by atoms with van der Waals surface area (Å²) in [6.45, 7) is 1.80. The molecule has 0 aromatic heterocycles. The molecule has 3 N–H and O–H groups in total. The standard InChI is InChI=1S/C10H12N2O2/c1-6-3-7(9(11)13)5-8(4-6)10(14)12-2/h3-5H,1-2H3,(H2,11,13)(H,12,14). The summed E-state index contributed by atoms with van der Waals surface area (Å²) in [7, 11) is 1.54. The molecular formula is C10H12N2O2. The molecule has 1 rings (SSSR count). The molecule has 0 radical (unpaired) electrons. The molecule has 1 aromatic rings. The van der Waals surface area contributed by atoms with Crippen molar-refractivity contribution < 1.29 is 9.59 Å². The van der Waals surface area contributed by atoms with Crippen molar-refractivity contribution in [2.45, 2.75) is 6.92 Å². The van der Waals surface area contributed by atoms with Crippen molar-refractivity contribution in [2.75, 3.05) is 7.05 Å². The predicted molar refractivity (Wildman–Crippen MR) is 53.1 cm³/mol. The average molecular weight is 192 g/mol. The molecule has 1 aromatic carbocycles. The van der Waals surface area contributed by atoms with E-state index in [1.54, 1.807) is 19.1 Å². The lowest BCUT2D eigenvalue weighted by atomic mass is 10.1. The summed E-state index contributed by atoms with van der Waals surface area (Å²) >= 11 is 0. The summed E-state index contributed by atoms with van der Waals surface area (Å²) in [5.41, 5.74) is 6.75. The summed E-state index contributed by atoms with van der Waals surface area (Å²) in [6.07, 6.45) is 0. The maximum absolute atomic E-state index is 11.3. The van der Waals surface area contributed by atoms with Crippen LogP contribution in [0.4, 0.5) is 0 Å². The largest absolute Gasteiger partial charge is 0.366 e. The Morgan fingerprint density at radius 2 is 1.79 bits per heavy atom. The van der Waals surface area contributed by atoms with Gasteiger partial charge < -0.3 is 11.1 Å². The third kappa shape index (κ3) is 2.10. The van der Waals surface area contributed by atoms with E-state index in [4.69, 9.17) is 5.73 Å². The number of aryl methyl sites for hydroxylation is 1. The van der Waals surface area contributed by atoms with Gasteiger partial charge in [-0.15, -0.1) is 0 Å². The summed E-state index contributed by atoms with van der Waals surface area (Å²) in [5, 5.41) is 2.48. The van der Waals surface area contributed by atoms with Crippen molar-refractivity contribution in [3.05, 3.63) is 34.9 Å². The van der Waals surface area contributed by atoms with Gasteiger partial charge in [0.1, 0.15) is 0 Å². The molecule has 0 aliphatic heterocycles. The second-order valence-electron chi connectivity index (χ2n) is 3.03. The number of hydrogen-bond acceptors (Lipinski definition) is 2. The van der Waals surface area contributed by atoms with Crippen molar-refractivity contribution in [1.82, 2.24) is 5.32 Å². The van der Waals surface area contributed by atoms with Crippen molar-refractivity contribution in [1.29, 1.82) is 0 Å². The van der Waals surface area contributed by atoms with Gasteiger partial charge in [0.25, 0.3) is 5.91 Å². The number of amides is 2. The van der Waals surface area contributed by atoms with E-state index in [1.807, 2.05) is 0 Å². The monoisotopic (exact) mass is 192 g/mol. The topological polar surface area (TPSA) is 72.2 Å². The predicted octanol–water partition coefficient (Wildman–Crippen LogP) is 0.454. The van der Waals surface area contributed by atoms with Crippen LogP contribution in [-0.2, 0) is 0 Å². The summed E-state index contributed by atoms with van der Waals surface area (Å²) < 4.78 is 0. The summed E-state index contributed by atoms with van der Waals surface area (Å²) in [4.78, 5) is 22.2. The van der Waals surface area contributed by atoms with Gasteiger partial charge in [-0.3, -0.25) is 9.59 Å². The van der Waals surface area contributed by atoms with Crippen LogP contribution in [0, 0.1) is 6.92 Å². The second-order valence-corrected chi connectivity index (χ2v) is 3.03. The molecule has 0 saturated heterocycles. The Morgan fingerprint density at radius 1 is 1.21 bits per heavy atom. The first-order valence-corrected chi connectivity index (χ1v) is 4.18. The maximum Gasteiger partial charge on any atom is 0.251 e. The van der Waals surface area contributed by atoms with E-state index in [0.717, 1.165) is 5.56 Å². The van der Waals surface area contributed by atoms with E-state index in [-0.39, 0.29) is 5.91 Å². The molecule has 0 bridgehead atoms. The van der Waals surface area contributed by atoms with E-state index >= 15 is 0 Å². The Hall–Kier alpha value is -1.84. The van der Waals surface area contributed by atoms with Gasteiger partial charge in [0, 0.05) is 18.2 Å². The van der Waals surface area contributed by atoms with E-state index in [9.17, 15) is 9.59 Å². The highest BCUT2D eigenvalue weighted by Crippen LogP contribution is 2.09. The Morgan fingerprint density at radius 3 is 2.29 bits per heavy atom. The number of nitrogens with two attached hydrogens (primary N) is 1. The molecule has 0 spiro atoms. The second kappa shape index (κ2) is 3.91. The number of benzene rings is 1. The molecule has 0 aliphatic carbocycles. The SMILES string of the molecule is CNC(=O)c1cc(C)cc(C(N)=O)c1. The maximum atomic E-state index is 11.3. The minimum atomic E-state index is -0.529. The van der Waals surface area contributed by atoms with Gasteiger partial charge in [0.15, 0.2) is 0 Å². The minimum absolute atomic E-state index is 0.226. The first-order valence-electron chi connectivity index (χ1n) is 4.18. The molecule has 0 fully saturated rings. The van der Waals surface area contributed by atoms with E-state index in [0.29, 0.717) is 11.1 Å². The molecule has 0 atom stereocenters. The third-order valence-corrected chi connectivity index (χ3v) is 1.85. The average Bonchev–Trinajstić information content (AvgIpc) is 2.15. The quantitative estimate of drug-likeness (QED) is 0.714. The molecule has 4 heteroatoms. The zero-order chi connectivity index (χ0) is 10.7. The molecule has 0 aliphatic rings. The Kier molecular flexibility index (Phi) is 2.86. The zero-order valence-electron chi connectivity index (χ0n) is 8.13. The van der Waals surface area contributed by atoms with Crippen molar-refractivity contribution in [3.8, 4) is 0 Å². The molecule has 74 valence electrons. The van der Waals surface area contributed by atoms with Gasteiger partial charge in [0.2, 0.25) is 5.91 Å². The van der Waals surface area contributed by atoms with Crippen LogP contribution in [0.25, 0.3) is 0 Å². The molecule has 0 heterocycles. The summed E-state index contributed by atoms with van der Waals surface area (Å²) in [6, 6.07) is 4.83. The Labute approximate surface area is 82.1 Å². The fraction of sp³-hybridized carbons (Fsp3) is 0.200. The minimum Gasteiger partial charge on any atom is -0.366 e. The van der Waals surface area contributed by atoms with Gasteiger partial charge in [-0.2, -0.15) is 0 Å². The molecule has 2 amide bonds. The van der Waals surface area contributed by atoms with Gasteiger partial charge >= 0.3 is 0 Å². The smallest absolute Gasteiger partial charge is 0.251 e. The Bertz CT molecular complexity index is 386. The van der Waals surface area contributed by atoms with Crippen molar-refractivity contribution >= 4 is 11.8 Å². The van der Waals surface area contributed by atoms with Crippen LogP contribution >= 0.6 is 0 Å². The lowest BCUT2D eigenvalue weighted by Gasteiger charge is -2.03. The highest BCUT2D eigenvalue weighted by Gasteiger charge is 2.08. The number of rotatable bonds is 2. The van der Waals surface area contributed by atoms with E-state index < -0.39 is 5.91 Å². The fourth-order valence-corrected chi connectivity index (χ4v) is 1.20. The van der Waals surface area contributed by atoms with Crippen LogP contribution in [0.1, 0.15) is 26.3 Å². The Balaban J connectivity index is 3.20. The van der Waals surface area contributed by atoms with Crippen LogP contribution in [-0.4, -0.2) is 18.9 Å². The fourth-order valence-electron chi connectivity index (χ4n) is 1.20. The summed E-state index contributed by atoms with van der Waals surface area (Å²) in [5.74, 6) is -0.755. The number of hydrogen-bond donors (Lipinski definition) is 2. The first kappa shape index (κ1) is 10.2. The van der Waals surface area contributed by atoms with Crippen LogP contribution in [0.5, 0.6) is 0 Å². The van der Waals surface area contributed by atoms with Crippen molar-refractivity contribution in [2.24, 2.45) is 5.73 Å². The van der Waals surface area contributed by atoms with Gasteiger partial charge in [-0.05, 0) is 30.7 Å². The molecule has 0 unspecified atom stereocenters. The van der Waals surface area contributed by atoms with Crippen LogP contribution < -0.4 is 11.1 Å². The molecule has 4 nitrogen and oxygen atoms in total. The van der Waals surface area contributed by atoms with Crippen molar-refractivity contribution in [3.63, 3.8) is 0 Å². The lowest BCUT2D eigenvalue weighted by molar-refractivity contribution is 0.0963. The zero-order valence-corrected chi connectivity index (χ0v) is 8.13. The van der Waals surface area contributed by atoms with Gasteiger partial charge in [0.05, 0.1) is 0 Å². The van der Waals surface area contributed by atoms with Gasteiger partial charge in [-0.25, -0.2) is 0 Å². The van der Waals surface area contributed by atoms with Gasteiger partial charge in [-0.1, -0.05) is 0 Å². The number of carbonyl (C=O) groups is 2. The number of carbonyl (C=O) groups excluding carboxylic acids is 2. The van der Waals surface area contributed by atoms with E-state index in [1.165, 1.54) is 13.1 Å². The third-order valence-electron chi connectivity index (χ3n) is 1.85. The van der Waals surface area contributed by atoms with Crippen LogP contribution in [0.2, 0.25) is 0 Å². The van der Waals surface area contributed by atoms with E-state index in [2.05, 4.69) is 5.32 Å². The number of nitrogens with one attached hydrogen (secondary N) is 1. The molecular weight excluding hydrogens is 180 g/mol. The molecule has 0 saturated carbocycles. The highest BCUT2D eigenvalue weighted by molar-refractivity contribution is 5.99. The normalized spacial score (nSPS) is 9.57. The molecule has 14 heavy (non-hydrogen) atoms.